The molecule has 1 atom stereocenters. The Labute approximate surface area is 148 Å². The lowest BCUT2D eigenvalue weighted by molar-refractivity contribution is 0.201. The number of benzene rings is 2. The Hall–Kier alpha value is -2.59. The molecule has 0 saturated carbocycles. The summed E-state index contributed by atoms with van der Waals surface area (Å²) in [6, 6.07) is 8.88. The Kier molecular flexibility index (Phi) is 4.88. The third-order valence-corrected chi connectivity index (χ3v) is 4.66. The monoisotopic (exact) mass is 387 g/mol. The highest BCUT2D eigenvalue weighted by atomic mass is 32.1. The summed E-state index contributed by atoms with van der Waals surface area (Å²) in [7, 11) is 1.64. The topological polar surface area (TPSA) is 49.2 Å². The van der Waals surface area contributed by atoms with Crippen molar-refractivity contribution in [2.45, 2.75) is 6.10 Å². The van der Waals surface area contributed by atoms with Gasteiger partial charge in [0.15, 0.2) is 28.3 Å². The standard InChI is InChI=1S/C16H10F5N3OS/c1-24(7-5-3-2-4-6-7)16-23-22-15(26-16)14(25)8-9(17)11(19)13(21)12(20)10(8)18/h2-6,14,25H,1H3. The highest BCUT2D eigenvalue weighted by molar-refractivity contribution is 7.15. The highest BCUT2D eigenvalue weighted by Crippen LogP contribution is 2.35. The average Bonchev–Trinajstić information content (AvgIpc) is 3.15. The van der Waals surface area contributed by atoms with E-state index in [0.717, 1.165) is 17.0 Å². The predicted molar refractivity (Wildman–Crippen MR) is 84.7 cm³/mol. The lowest BCUT2D eigenvalue weighted by Gasteiger charge is -2.14. The zero-order valence-electron chi connectivity index (χ0n) is 13.1. The quantitative estimate of drug-likeness (QED) is 0.416. The summed E-state index contributed by atoms with van der Waals surface area (Å²) in [4.78, 5) is 1.59. The number of anilines is 2. The maximum atomic E-state index is 13.8. The van der Waals surface area contributed by atoms with Gasteiger partial charge in [-0.05, 0) is 12.1 Å². The van der Waals surface area contributed by atoms with Crippen LogP contribution in [0.1, 0.15) is 16.7 Å². The molecule has 1 N–H and O–H groups in total. The second kappa shape index (κ2) is 6.96. The van der Waals surface area contributed by atoms with Gasteiger partial charge in [0.2, 0.25) is 10.9 Å². The van der Waals surface area contributed by atoms with E-state index in [1.807, 2.05) is 0 Å². The second-order valence-electron chi connectivity index (χ2n) is 5.20. The van der Waals surface area contributed by atoms with Crippen molar-refractivity contribution in [3.05, 3.63) is 70.0 Å². The van der Waals surface area contributed by atoms with Crippen LogP contribution in [-0.2, 0) is 0 Å². The van der Waals surface area contributed by atoms with Crippen molar-refractivity contribution in [2.24, 2.45) is 0 Å². The van der Waals surface area contributed by atoms with E-state index in [1.54, 1.807) is 42.3 Å². The van der Waals surface area contributed by atoms with Crippen LogP contribution in [0.4, 0.5) is 32.8 Å². The van der Waals surface area contributed by atoms with Crippen molar-refractivity contribution in [3.63, 3.8) is 0 Å². The number of hydrogen-bond acceptors (Lipinski definition) is 5. The Morgan fingerprint density at radius 3 is 2.00 bits per heavy atom. The first-order valence-corrected chi connectivity index (χ1v) is 7.96. The van der Waals surface area contributed by atoms with E-state index >= 15 is 0 Å². The Bertz CT molecular complexity index is 922. The summed E-state index contributed by atoms with van der Waals surface area (Å²) >= 11 is 0.754. The molecule has 0 aliphatic heterocycles. The first-order chi connectivity index (χ1) is 12.3. The summed E-state index contributed by atoms with van der Waals surface area (Å²) < 4.78 is 67.4. The molecule has 0 aliphatic carbocycles. The lowest BCUT2D eigenvalue weighted by Crippen LogP contribution is -2.12. The smallest absolute Gasteiger partial charge is 0.212 e. The van der Waals surface area contributed by atoms with Crippen molar-refractivity contribution in [2.75, 3.05) is 11.9 Å². The second-order valence-corrected chi connectivity index (χ2v) is 6.19. The van der Waals surface area contributed by atoms with E-state index in [4.69, 9.17) is 0 Å². The molecule has 2 aromatic carbocycles. The lowest BCUT2D eigenvalue weighted by atomic mass is 10.1. The number of hydrogen-bond donors (Lipinski definition) is 1. The SMILES string of the molecule is CN(c1ccccc1)c1nnc(C(O)c2c(F)c(F)c(F)c(F)c2F)s1. The molecule has 0 spiro atoms. The van der Waals surface area contributed by atoms with Crippen LogP contribution in [0.2, 0.25) is 0 Å². The van der Waals surface area contributed by atoms with Gasteiger partial charge in [0.05, 0.1) is 5.56 Å². The molecule has 1 heterocycles. The van der Waals surface area contributed by atoms with Crippen LogP contribution in [-0.4, -0.2) is 22.4 Å². The van der Waals surface area contributed by atoms with Crippen molar-refractivity contribution >= 4 is 22.2 Å². The van der Waals surface area contributed by atoms with Gasteiger partial charge in [0.25, 0.3) is 0 Å². The van der Waals surface area contributed by atoms with Crippen LogP contribution in [0.15, 0.2) is 30.3 Å². The van der Waals surface area contributed by atoms with E-state index in [1.165, 1.54) is 0 Å². The Balaban J connectivity index is 1.98. The minimum Gasteiger partial charge on any atom is -0.381 e. The van der Waals surface area contributed by atoms with Crippen molar-refractivity contribution in [1.29, 1.82) is 0 Å². The number of aliphatic hydroxyl groups excluding tert-OH is 1. The summed E-state index contributed by atoms with van der Waals surface area (Å²) in [5.74, 6) is -10.8. The molecule has 0 bridgehead atoms. The van der Waals surface area contributed by atoms with Crippen LogP contribution in [0.5, 0.6) is 0 Å². The number of halogens is 5. The molecule has 10 heteroatoms. The fraction of sp³-hybridized carbons (Fsp3) is 0.125. The minimum absolute atomic E-state index is 0.258. The average molecular weight is 387 g/mol. The van der Waals surface area contributed by atoms with Crippen LogP contribution < -0.4 is 4.90 Å². The molecular formula is C16H10F5N3OS. The fourth-order valence-corrected chi connectivity index (χ4v) is 3.04. The molecule has 0 radical (unpaired) electrons. The molecular weight excluding hydrogens is 377 g/mol. The van der Waals surface area contributed by atoms with Gasteiger partial charge in [-0.3, -0.25) is 0 Å². The zero-order chi connectivity index (χ0) is 19.0. The largest absolute Gasteiger partial charge is 0.381 e. The van der Waals surface area contributed by atoms with E-state index in [-0.39, 0.29) is 10.1 Å². The summed E-state index contributed by atoms with van der Waals surface area (Å²) in [5.41, 5.74) is -0.646. The van der Waals surface area contributed by atoms with Gasteiger partial charge in [-0.25, -0.2) is 22.0 Å². The van der Waals surface area contributed by atoms with Gasteiger partial charge in [0, 0.05) is 12.7 Å². The van der Waals surface area contributed by atoms with Crippen LogP contribution in [0.25, 0.3) is 0 Å². The van der Waals surface area contributed by atoms with Crippen molar-refractivity contribution < 1.29 is 27.1 Å². The zero-order valence-corrected chi connectivity index (χ0v) is 13.9. The maximum Gasteiger partial charge on any atom is 0.212 e. The van der Waals surface area contributed by atoms with Crippen LogP contribution in [0.3, 0.4) is 0 Å². The molecule has 3 aromatic rings. The van der Waals surface area contributed by atoms with Gasteiger partial charge in [-0.2, -0.15) is 0 Å². The summed E-state index contributed by atoms with van der Waals surface area (Å²) in [6.45, 7) is 0. The molecule has 0 amide bonds. The molecule has 136 valence electrons. The normalized spacial score (nSPS) is 12.3. The van der Waals surface area contributed by atoms with E-state index in [0.29, 0.717) is 0 Å². The number of para-hydroxylation sites is 1. The molecule has 0 fully saturated rings. The first kappa shape index (κ1) is 18.2. The van der Waals surface area contributed by atoms with Gasteiger partial charge in [-0.15, -0.1) is 10.2 Å². The third kappa shape index (κ3) is 3.01. The van der Waals surface area contributed by atoms with Crippen LogP contribution in [0, 0.1) is 29.1 Å². The van der Waals surface area contributed by atoms with E-state index in [9.17, 15) is 27.1 Å². The molecule has 1 aromatic heterocycles. The van der Waals surface area contributed by atoms with Crippen molar-refractivity contribution in [3.8, 4) is 0 Å². The maximum absolute atomic E-state index is 13.8. The highest BCUT2D eigenvalue weighted by Gasteiger charge is 2.32. The van der Waals surface area contributed by atoms with E-state index < -0.39 is 40.8 Å². The van der Waals surface area contributed by atoms with Crippen molar-refractivity contribution in [1.82, 2.24) is 10.2 Å². The van der Waals surface area contributed by atoms with Gasteiger partial charge < -0.3 is 10.0 Å². The summed E-state index contributed by atoms with van der Waals surface area (Å²) in [5, 5.41) is 17.5. The van der Waals surface area contributed by atoms with Gasteiger partial charge in [0.1, 0.15) is 6.10 Å². The number of nitrogens with zero attached hydrogens (tertiary/aromatic N) is 3. The Morgan fingerprint density at radius 1 is 0.885 bits per heavy atom. The number of aromatic nitrogens is 2. The summed E-state index contributed by atoms with van der Waals surface area (Å²) in [6.07, 6.45) is -2.16. The minimum atomic E-state index is -2.29. The van der Waals surface area contributed by atoms with Gasteiger partial charge >= 0.3 is 0 Å². The molecule has 3 rings (SSSR count). The number of rotatable bonds is 4. The molecule has 0 aliphatic rings. The van der Waals surface area contributed by atoms with Gasteiger partial charge in [-0.1, -0.05) is 29.5 Å². The predicted octanol–water partition coefficient (Wildman–Crippen LogP) is 4.08. The van der Waals surface area contributed by atoms with E-state index in [2.05, 4.69) is 10.2 Å². The fourth-order valence-electron chi connectivity index (χ4n) is 2.22. The van der Waals surface area contributed by atoms with Crippen LogP contribution >= 0.6 is 11.3 Å². The molecule has 0 saturated heterocycles. The first-order valence-electron chi connectivity index (χ1n) is 7.14. The molecule has 4 nitrogen and oxygen atoms in total. The Morgan fingerprint density at radius 2 is 1.42 bits per heavy atom. The molecule has 1 unspecified atom stereocenters. The molecule has 26 heavy (non-hydrogen) atoms. The number of aliphatic hydroxyl groups is 1. The third-order valence-electron chi connectivity index (χ3n) is 3.61.